The van der Waals surface area contributed by atoms with Gasteiger partial charge in [-0.05, 0) is 15.9 Å². The first kappa shape index (κ1) is 2.31. The molecule has 0 radical (unpaired) electrons. The van der Waals surface area contributed by atoms with Crippen LogP contribution in [-0.4, -0.2) is 9.78 Å². The van der Waals surface area contributed by atoms with E-state index in [0.717, 1.165) is 4.68 Å². The number of rotatable bonds is 0. The van der Waals surface area contributed by atoms with Crippen LogP contribution < -0.4 is 0 Å². The van der Waals surface area contributed by atoms with Gasteiger partial charge in [-0.25, -0.2) is 0 Å². The average molecular weight is 164 g/mol. The molecule has 0 atom stereocenters. The van der Waals surface area contributed by atoms with Crippen molar-refractivity contribution in [3.63, 3.8) is 0 Å². The van der Waals surface area contributed by atoms with Gasteiger partial charge in [-0.1, -0.05) is 0 Å². The Kier molecular flexibility index (Phi) is 0.546. The zero-order chi connectivity index (χ0) is 7.78. The molecule has 7 heavy (non-hydrogen) atoms. The fraction of sp³-hybridized carbons (Fsp3) is 0.250. The minimum atomic E-state index is -2.16. The van der Waals surface area contributed by atoms with Crippen molar-refractivity contribution in [2.24, 2.45) is 6.98 Å². The van der Waals surface area contributed by atoms with Crippen LogP contribution in [0.1, 0.15) is 4.11 Å². The fourth-order valence-corrected chi connectivity index (χ4v) is 0.586. The molecule has 0 spiro atoms. The Labute approximate surface area is 54.5 Å². The zero-order valence-corrected chi connectivity index (χ0v) is 5.01. The molecule has 0 aromatic carbocycles. The summed E-state index contributed by atoms with van der Waals surface area (Å²) in [5.74, 6) is 0. The Hall–Kier alpha value is -0.310. The van der Waals surface area contributed by atoms with E-state index in [2.05, 4.69) is 21.0 Å². The van der Waals surface area contributed by atoms with Crippen LogP contribution in [0.3, 0.4) is 0 Å². The molecule has 38 valence electrons. The normalized spacial score (nSPS) is 17.6. The lowest BCUT2D eigenvalue weighted by molar-refractivity contribution is 0.767. The number of nitrogens with zero attached hydrogens (tertiary/aromatic N) is 2. The smallest absolute Gasteiger partial charge is 0.0632 e. The molecule has 1 heterocycles. The van der Waals surface area contributed by atoms with Crippen molar-refractivity contribution in [2.45, 2.75) is 0 Å². The lowest BCUT2D eigenvalue weighted by atomic mass is 10.8. The monoisotopic (exact) mass is 163 g/mol. The Bertz CT molecular complexity index is 229. The topological polar surface area (TPSA) is 17.8 Å². The van der Waals surface area contributed by atoms with E-state index >= 15 is 0 Å². The third-order valence-corrected chi connectivity index (χ3v) is 0.961. The van der Waals surface area contributed by atoms with Crippen LogP contribution in [0.4, 0.5) is 0 Å². The quantitative estimate of drug-likeness (QED) is 0.562. The van der Waals surface area contributed by atoms with Gasteiger partial charge in [0.25, 0.3) is 0 Å². The molecule has 0 amide bonds. The van der Waals surface area contributed by atoms with E-state index in [9.17, 15) is 0 Å². The van der Waals surface area contributed by atoms with Gasteiger partial charge < -0.3 is 0 Å². The highest BCUT2D eigenvalue weighted by molar-refractivity contribution is 9.10. The molecule has 0 fully saturated rings. The maximum atomic E-state index is 6.90. The highest BCUT2D eigenvalue weighted by Crippen LogP contribution is 2.03. The van der Waals surface area contributed by atoms with Crippen molar-refractivity contribution in [3.05, 3.63) is 16.9 Å². The highest BCUT2D eigenvalue weighted by Gasteiger charge is 1.83. The van der Waals surface area contributed by atoms with Crippen LogP contribution in [0, 0.1) is 0 Å². The van der Waals surface area contributed by atoms with Crippen molar-refractivity contribution in [3.8, 4) is 0 Å². The Morgan fingerprint density at radius 1 is 2.14 bits per heavy atom. The van der Waals surface area contributed by atoms with Crippen LogP contribution in [0.5, 0.6) is 0 Å². The van der Waals surface area contributed by atoms with Crippen molar-refractivity contribution < 1.29 is 4.11 Å². The summed E-state index contributed by atoms with van der Waals surface area (Å²) in [5, 5.41) is 3.59. The zero-order valence-electron chi connectivity index (χ0n) is 6.43. The van der Waals surface area contributed by atoms with Crippen LogP contribution >= 0.6 is 15.9 Å². The largest absolute Gasteiger partial charge is 0.275 e. The SMILES string of the molecule is [2H]C([2H])([2H])n1cc(Br)cn1. The summed E-state index contributed by atoms with van der Waals surface area (Å²) in [6, 6.07) is 0. The fourth-order valence-electron chi connectivity index (χ4n) is 0.301. The summed E-state index contributed by atoms with van der Waals surface area (Å²) >= 11 is 3.09. The van der Waals surface area contributed by atoms with Gasteiger partial charge in [-0.3, -0.25) is 4.68 Å². The minimum Gasteiger partial charge on any atom is -0.275 e. The van der Waals surface area contributed by atoms with Gasteiger partial charge in [0.15, 0.2) is 0 Å². The highest BCUT2D eigenvalue weighted by atomic mass is 79.9. The van der Waals surface area contributed by atoms with E-state index in [4.69, 9.17) is 4.11 Å². The van der Waals surface area contributed by atoms with Crippen molar-refractivity contribution >= 4 is 15.9 Å². The van der Waals surface area contributed by atoms with E-state index in [-0.39, 0.29) is 0 Å². The van der Waals surface area contributed by atoms with Crippen LogP contribution in [0.2, 0.25) is 0 Å². The Morgan fingerprint density at radius 3 is 3.29 bits per heavy atom. The standard InChI is InChI=1S/C4H5BrN2/c1-7-3-4(5)2-6-7/h2-3H,1H3/i1D3. The second kappa shape index (κ2) is 1.66. The third kappa shape index (κ3) is 1.03. The molecule has 0 unspecified atom stereocenters. The second-order valence-corrected chi connectivity index (χ2v) is 2.02. The number of aromatic nitrogens is 2. The molecule has 0 aliphatic heterocycles. The van der Waals surface area contributed by atoms with Crippen molar-refractivity contribution in [1.29, 1.82) is 0 Å². The number of hydrogen-bond acceptors (Lipinski definition) is 1. The van der Waals surface area contributed by atoms with E-state index in [0.29, 0.717) is 4.47 Å². The molecule has 3 heteroatoms. The molecule has 0 saturated carbocycles. The molecule has 0 aliphatic rings. The van der Waals surface area contributed by atoms with Crippen LogP contribution in [0.15, 0.2) is 16.9 Å². The van der Waals surface area contributed by atoms with Gasteiger partial charge >= 0.3 is 0 Å². The first-order valence-corrected chi connectivity index (χ1v) is 2.50. The van der Waals surface area contributed by atoms with Gasteiger partial charge in [0, 0.05) is 17.3 Å². The lowest BCUT2D eigenvalue weighted by Crippen LogP contribution is -1.83. The molecule has 0 saturated heterocycles. The summed E-state index contributed by atoms with van der Waals surface area (Å²) in [6.45, 7) is -2.16. The van der Waals surface area contributed by atoms with Gasteiger partial charge in [0.1, 0.15) is 0 Å². The summed E-state index contributed by atoms with van der Waals surface area (Å²) in [4.78, 5) is 0. The molecule has 2 nitrogen and oxygen atoms in total. The van der Waals surface area contributed by atoms with Gasteiger partial charge in [-0.15, -0.1) is 0 Å². The lowest BCUT2D eigenvalue weighted by Gasteiger charge is -1.77. The van der Waals surface area contributed by atoms with Gasteiger partial charge in [-0.2, -0.15) is 5.10 Å². The predicted octanol–water partition coefficient (Wildman–Crippen LogP) is 1.18. The second-order valence-electron chi connectivity index (χ2n) is 1.10. The predicted molar refractivity (Wildman–Crippen MR) is 30.9 cm³/mol. The van der Waals surface area contributed by atoms with Crippen molar-refractivity contribution in [2.75, 3.05) is 0 Å². The molecular weight excluding hydrogens is 156 g/mol. The van der Waals surface area contributed by atoms with Gasteiger partial charge in [0.05, 0.1) is 10.7 Å². The summed E-state index contributed by atoms with van der Waals surface area (Å²) in [7, 11) is 0. The molecule has 1 rings (SSSR count). The molecule has 1 aromatic rings. The molecule has 0 aliphatic carbocycles. The van der Waals surface area contributed by atoms with Gasteiger partial charge in [0.2, 0.25) is 0 Å². The maximum Gasteiger partial charge on any atom is 0.0632 e. The first-order chi connectivity index (χ1) is 4.50. The van der Waals surface area contributed by atoms with Crippen LogP contribution in [-0.2, 0) is 6.98 Å². The Balaban J connectivity index is 2.96. The minimum absolute atomic E-state index is 0.670. The summed E-state index contributed by atoms with van der Waals surface area (Å²) in [5.41, 5.74) is 0. The van der Waals surface area contributed by atoms with E-state index < -0.39 is 6.98 Å². The average Bonchev–Trinajstić information content (AvgIpc) is 2.11. The van der Waals surface area contributed by atoms with Crippen LogP contribution in [0.25, 0.3) is 0 Å². The van der Waals surface area contributed by atoms with E-state index in [1.807, 2.05) is 0 Å². The van der Waals surface area contributed by atoms with E-state index in [1.165, 1.54) is 12.4 Å². The summed E-state index contributed by atoms with van der Waals surface area (Å²) in [6.07, 6.45) is 2.85. The Morgan fingerprint density at radius 2 is 3.00 bits per heavy atom. The molecular formula is C4H5BrN2. The third-order valence-electron chi connectivity index (χ3n) is 0.551. The number of aryl methyl sites for hydroxylation is 1. The summed E-state index contributed by atoms with van der Waals surface area (Å²) < 4.78 is 22.3. The maximum absolute atomic E-state index is 6.90. The number of hydrogen-bond donors (Lipinski definition) is 0. The molecule has 0 bridgehead atoms. The van der Waals surface area contributed by atoms with Crippen molar-refractivity contribution in [1.82, 2.24) is 9.78 Å². The first-order valence-electron chi connectivity index (χ1n) is 3.21. The number of halogens is 1. The van der Waals surface area contributed by atoms with E-state index in [1.54, 1.807) is 0 Å². The molecule has 0 N–H and O–H groups in total. The molecule has 1 aromatic heterocycles.